The predicted octanol–water partition coefficient (Wildman–Crippen LogP) is 6.30. The van der Waals surface area contributed by atoms with Crippen LogP contribution in [0.25, 0.3) is 0 Å². The molecule has 0 fully saturated rings. The van der Waals surface area contributed by atoms with Gasteiger partial charge in [0, 0.05) is 12.2 Å². The zero-order chi connectivity index (χ0) is 23.0. The molecule has 0 aliphatic heterocycles. The highest BCUT2D eigenvalue weighted by Crippen LogP contribution is 2.32. The lowest BCUT2D eigenvalue weighted by molar-refractivity contribution is -0.383. The number of nitro groups is 1. The first-order valence-electron chi connectivity index (χ1n) is 9.90. The molecule has 164 valence electrons. The van der Waals surface area contributed by atoms with Gasteiger partial charge in [0.05, 0.1) is 16.3 Å². The number of rotatable bonds is 8. The third kappa shape index (κ3) is 5.70. The smallest absolute Gasteiger partial charge is 0.353 e. The second-order valence-corrected chi connectivity index (χ2v) is 6.86. The number of aromatic nitrogens is 2. The summed E-state index contributed by atoms with van der Waals surface area (Å²) in [6, 6.07) is 22.1. The third-order valence-electron chi connectivity index (χ3n) is 4.55. The minimum absolute atomic E-state index is 0.0373. The normalized spacial score (nSPS) is 10.8. The zero-order valence-corrected chi connectivity index (χ0v) is 17.2. The summed E-state index contributed by atoms with van der Waals surface area (Å²) in [5.41, 5.74) is 2.40. The minimum Gasteiger partial charge on any atom is -0.360 e. The van der Waals surface area contributed by atoms with E-state index < -0.39 is 4.92 Å². The van der Waals surface area contributed by atoms with Gasteiger partial charge in [-0.15, -0.1) is 0 Å². The van der Waals surface area contributed by atoms with E-state index in [-0.39, 0.29) is 29.7 Å². The average Bonchev–Trinajstić information content (AvgIpc) is 2.84. The van der Waals surface area contributed by atoms with Crippen LogP contribution in [0.15, 0.2) is 95.4 Å². The zero-order valence-electron chi connectivity index (χ0n) is 17.2. The van der Waals surface area contributed by atoms with Crippen molar-refractivity contribution in [3.8, 4) is 0 Å². The van der Waals surface area contributed by atoms with Crippen LogP contribution >= 0.6 is 0 Å². The monoisotopic (exact) mass is 443 g/mol. The molecular weight excluding hydrogens is 425 g/mol. The molecule has 10 heteroatoms. The van der Waals surface area contributed by atoms with Gasteiger partial charge in [0.25, 0.3) is 0 Å². The van der Waals surface area contributed by atoms with Gasteiger partial charge in [0.2, 0.25) is 11.6 Å². The van der Waals surface area contributed by atoms with Crippen LogP contribution in [0, 0.1) is 15.9 Å². The van der Waals surface area contributed by atoms with Crippen LogP contribution in [-0.2, 0) is 6.54 Å². The van der Waals surface area contributed by atoms with Crippen molar-refractivity contribution >= 4 is 34.4 Å². The maximum atomic E-state index is 13.1. The molecule has 0 aliphatic rings. The highest BCUT2D eigenvalue weighted by Gasteiger charge is 2.23. The molecule has 0 spiro atoms. The molecule has 0 radical (unpaired) electrons. The van der Waals surface area contributed by atoms with Crippen LogP contribution in [0.3, 0.4) is 0 Å². The summed E-state index contributed by atoms with van der Waals surface area (Å²) in [6.07, 6.45) is 1.23. The topological polar surface area (TPSA) is 118 Å². The largest absolute Gasteiger partial charge is 0.360 e. The molecule has 0 atom stereocenters. The Morgan fingerprint density at radius 1 is 0.848 bits per heavy atom. The Balaban J connectivity index is 1.49. The van der Waals surface area contributed by atoms with Crippen molar-refractivity contribution in [2.45, 2.75) is 6.54 Å². The fraction of sp³-hybridized carbons (Fsp3) is 0.0435. The molecule has 9 nitrogen and oxygen atoms in total. The molecule has 4 aromatic rings. The first-order chi connectivity index (χ1) is 16.1. The van der Waals surface area contributed by atoms with Crippen LogP contribution < -0.4 is 10.6 Å². The molecule has 33 heavy (non-hydrogen) atoms. The van der Waals surface area contributed by atoms with Crippen molar-refractivity contribution in [2.75, 3.05) is 10.6 Å². The van der Waals surface area contributed by atoms with Crippen LogP contribution in [0.2, 0.25) is 0 Å². The number of nitrogens with one attached hydrogen (secondary N) is 2. The van der Waals surface area contributed by atoms with Gasteiger partial charge in [0.1, 0.15) is 12.1 Å². The van der Waals surface area contributed by atoms with E-state index in [1.807, 2.05) is 30.3 Å². The van der Waals surface area contributed by atoms with Gasteiger partial charge in [-0.05, 0) is 54.1 Å². The summed E-state index contributed by atoms with van der Waals surface area (Å²) < 4.78 is 13.1. The maximum absolute atomic E-state index is 13.1. The lowest BCUT2D eigenvalue weighted by Crippen LogP contribution is -2.08. The third-order valence-corrected chi connectivity index (χ3v) is 4.55. The van der Waals surface area contributed by atoms with Crippen molar-refractivity contribution in [3.05, 3.63) is 107 Å². The molecule has 4 rings (SSSR count). The SMILES string of the molecule is O=[N+]([O-])c1c(NCc2ccc(F)cc2)ncnc1Nc1ccc(N=Nc2ccccc2)cc1. The van der Waals surface area contributed by atoms with Crippen LogP contribution in [0.1, 0.15) is 5.56 Å². The van der Waals surface area contributed by atoms with Gasteiger partial charge < -0.3 is 10.6 Å². The van der Waals surface area contributed by atoms with Crippen molar-refractivity contribution in [1.82, 2.24) is 9.97 Å². The summed E-state index contributed by atoms with van der Waals surface area (Å²) in [5.74, 6) is -0.267. The molecule has 1 heterocycles. The Morgan fingerprint density at radius 3 is 2.15 bits per heavy atom. The number of hydrogen-bond donors (Lipinski definition) is 2. The molecule has 0 bridgehead atoms. The summed E-state index contributed by atoms with van der Waals surface area (Å²) in [5, 5.41) is 25.9. The Bertz CT molecular complexity index is 1260. The highest BCUT2D eigenvalue weighted by molar-refractivity contribution is 5.74. The lowest BCUT2D eigenvalue weighted by atomic mass is 10.2. The van der Waals surface area contributed by atoms with Crippen LogP contribution in [0.5, 0.6) is 0 Å². The van der Waals surface area contributed by atoms with Gasteiger partial charge in [0.15, 0.2) is 0 Å². The summed E-state index contributed by atoms with van der Waals surface area (Å²) in [7, 11) is 0. The number of azo groups is 1. The standard InChI is InChI=1S/C23H18FN7O2/c24-17-8-6-16(7-9-17)14-25-22-21(31(32)33)23(27-15-26-22)28-18-10-12-20(13-11-18)30-29-19-4-2-1-3-5-19/h1-13,15H,14H2,(H2,25,26,27,28). The van der Waals surface area contributed by atoms with Gasteiger partial charge in [-0.3, -0.25) is 10.1 Å². The van der Waals surface area contributed by atoms with Crippen molar-refractivity contribution < 1.29 is 9.31 Å². The van der Waals surface area contributed by atoms with E-state index in [1.165, 1.54) is 18.5 Å². The second kappa shape index (κ2) is 10.1. The Morgan fingerprint density at radius 2 is 1.48 bits per heavy atom. The Labute approximate surface area is 188 Å². The van der Waals surface area contributed by atoms with E-state index in [0.717, 1.165) is 11.3 Å². The molecule has 3 aromatic carbocycles. The first kappa shape index (κ1) is 21.5. The molecule has 2 N–H and O–H groups in total. The van der Waals surface area contributed by atoms with E-state index in [9.17, 15) is 14.5 Å². The maximum Gasteiger partial charge on any atom is 0.353 e. The molecular formula is C23H18FN7O2. The second-order valence-electron chi connectivity index (χ2n) is 6.86. The lowest BCUT2D eigenvalue weighted by Gasteiger charge is -2.10. The van der Waals surface area contributed by atoms with Gasteiger partial charge >= 0.3 is 5.69 Å². The average molecular weight is 443 g/mol. The molecule has 0 unspecified atom stereocenters. The van der Waals surface area contributed by atoms with Crippen molar-refractivity contribution in [1.29, 1.82) is 0 Å². The minimum atomic E-state index is -0.558. The number of benzene rings is 3. The highest BCUT2D eigenvalue weighted by atomic mass is 19.1. The first-order valence-corrected chi connectivity index (χ1v) is 9.90. The quantitative estimate of drug-likeness (QED) is 0.188. The Kier molecular flexibility index (Phi) is 6.55. The Hall–Kier alpha value is -4.73. The van der Waals surface area contributed by atoms with Crippen LogP contribution in [0.4, 0.5) is 38.8 Å². The molecule has 0 amide bonds. The fourth-order valence-electron chi connectivity index (χ4n) is 2.92. The number of halogens is 1. The predicted molar refractivity (Wildman–Crippen MR) is 123 cm³/mol. The van der Waals surface area contributed by atoms with Gasteiger partial charge in [-0.25, -0.2) is 14.4 Å². The summed E-state index contributed by atoms with van der Waals surface area (Å²) >= 11 is 0. The van der Waals surface area contributed by atoms with Crippen molar-refractivity contribution in [3.63, 3.8) is 0 Å². The van der Waals surface area contributed by atoms with E-state index in [2.05, 4.69) is 30.8 Å². The van der Waals surface area contributed by atoms with E-state index in [0.29, 0.717) is 11.4 Å². The molecule has 0 saturated heterocycles. The summed E-state index contributed by atoms with van der Waals surface area (Å²) in [4.78, 5) is 19.2. The molecule has 1 aromatic heterocycles. The van der Waals surface area contributed by atoms with Crippen LogP contribution in [-0.4, -0.2) is 14.9 Å². The number of nitrogens with zero attached hydrogens (tertiary/aromatic N) is 5. The van der Waals surface area contributed by atoms with E-state index >= 15 is 0 Å². The fourth-order valence-corrected chi connectivity index (χ4v) is 2.92. The summed E-state index contributed by atoms with van der Waals surface area (Å²) in [6.45, 7) is 0.235. The molecule has 0 aliphatic carbocycles. The number of hydrogen-bond acceptors (Lipinski definition) is 8. The van der Waals surface area contributed by atoms with Crippen molar-refractivity contribution in [2.24, 2.45) is 10.2 Å². The van der Waals surface area contributed by atoms with Gasteiger partial charge in [-0.2, -0.15) is 10.2 Å². The molecule has 0 saturated carbocycles. The van der Waals surface area contributed by atoms with E-state index in [1.54, 1.807) is 36.4 Å². The van der Waals surface area contributed by atoms with E-state index in [4.69, 9.17) is 0 Å². The van der Waals surface area contributed by atoms with Gasteiger partial charge in [-0.1, -0.05) is 30.3 Å². The number of anilines is 3.